The largest absolute Gasteiger partial charge is 0.494 e. The molecule has 3 rings (SSSR count). The summed E-state index contributed by atoms with van der Waals surface area (Å²) in [6.45, 7) is 0.785. The van der Waals surface area contributed by atoms with E-state index in [0.717, 1.165) is 18.9 Å². The Morgan fingerprint density at radius 1 is 1.35 bits per heavy atom. The fraction of sp³-hybridized carbons (Fsp3) is 0.429. The molecule has 23 heavy (non-hydrogen) atoms. The topological polar surface area (TPSA) is 77.3 Å². The zero-order valence-electron chi connectivity index (χ0n) is 12.6. The average molecular weight is 340 g/mol. The highest BCUT2D eigenvalue weighted by Crippen LogP contribution is 2.29. The summed E-state index contributed by atoms with van der Waals surface area (Å²) in [6, 6.07) is 3.44. The number of sulfonamides is 1. The van der Waals surface area contributed by atoms with E-state index in [1.54, 1.807) is 12.4 Å². The molecule has 1 saturated heterocycles. The molecule has 7 nitrogen and oxygen atoms in total. The van der Waals surface area contributed by atoms with Gasteiger partial charge in [0.05, 0.1) is 30.9 Å². The number of benzene rings is 1. The van der Waals surface area contributed by atoms with Crippen LogP contribution < -0.4 is 4.74 Å². The normalized spacial score (nSPS) is 19.1. The van der Waals surface area contributed by atoms with Gasteiger partial charge < -0.3 is 4.74 Å². The van der Waals surface area contributed by atoms with Crippen LogP contribution in [0, 0.1) is 5.82 Å². The molecule has 0 aliphatic carbocycles. The second kappa shape index (κ2) is 6.25. The van der Waals surface area contributed by atoms with E-state index in [1.165, 1.54) is 28.3 Å². The molecular weight excluding hydrogens is 323 g/mol. The zero-order chi connectivity index (χ0) is 16.4. The smallest absolute Gasteiger partial charge is 0.243 e. The molecule has 0 amide bonds. The highest BCUT2D eigenvalue weighted by Gasteiger charge is 2.36. The van der Waals surface area contributed by atoms with Gasteiger partial charge in [0.25, 0.3) is 0 Å². The first-order chi connectivity index (χ1) is 11.0. The van der Waals surface area contributed by atoms with Gasteiger partial charge in [0.1, 0.15) is 0 Å². The van der Waals surface area contributed by atoms with Crippen LogP contribution in [0.2, 0.25) is 0 Å². The van der Waals surface area contributed by atoms with Crippen molar-refractivity contribution in [3.05, 3.63) is 36.4 Å². The van der Waals surface area contributed by atoms with Crippen LogP contribution in [0.4, 0.5) is 4.39 Å². The quantitative estimate of drug-likeness (QED) is 0.819. The third-order valence-corrected chi connectivity index (χ3v) is 5.84. The number of methoxy groups -OCH3 is 1. The van der Waals surface area contributed by atoms with Crippen molar-refractivity contribution in [3.63, 3.8) is 0 Å². The number of aromatic nitrogens is 3. The summed E-state index contributed by atoms with van der Waals surface area (Å²) < 4.78 is 45.7. The minimum absolute atomic E-state index is 0.0164. The van der Waals surface area contributed by atoms with Crippen molar-refractivity contribution >= 4 is 10.0 Å². The Balaban J connectivity index is 1.87. The van der Waals surface area contributed by atoms with Gasteiger partial charge in [-0.25, -0.2) is 12.8 Å². The molecule has 0 bridgehead atoms. The molecule has 1 aromatic heterocycles. The first kappa shape index (κ1) is 15.9. The number of hydrogen-bond donors (Lipinski definition) is 0. The first-order valence-corrected chi connectivity index (χ1v) is 8.66. The molecule has 1 unspecified atom stereocenters. The maximum Gasteiger partial charge on any atom is 0.243 e. The molecule has 0 spiro atoms. The van der Waals surface area contributed by atoms with Crippen molar-refractivity contribution in [1.29, 1.82) is 0 Å². The van der Waals surface area contributed by atoms with Gasteiger partial charge in [-0.2, -0.15) is 19.3 Å². The summed E-state index contributed by atoms with van der Waals surface area (Å²) in [5.41, 5.74) is 0. The second-order valence-electron chi connectivity index (χ2n) is 5.29. The molecule has 1 atom stereocenters. The molecule has 124 valence electrons. The second-order valence-corrected chi connectivity index (χ2v) is 7.18. The Morgan fingerprint density at radius 3 is 2.74 bits per heavy atom. The molecule has 0 radical (unpaired) electrons. The van der Waals surface area contributed by atoms with Crippen molar-refractivity contribution in [2.75, 3.05) is 13.7 Å². The van der Waals surface area contributed by atoms with Crippen LogP contribution in [-0.2, 0) is 16.6 Å². The van der Waals surface area contributed by atoms with Crippen LogP contribution in [0.25, 0.3) is 0 Å². The predicted octanol–water partition coefficient (Wildman–Crippen LogP) is 1.28. The number of rotatable bonds is 5. The molecule has 0 saturated carbocycles. The van der Waals surface area contributed by atoms with Gasteiger partial charge in [0.15, 0.2) is 11.6 Å². The molecule has 0 N–H and O–H groups in total. The van der Waals surface area contributed by atoms with Crippen molar-refractivity contribution in [1.82, 2.24) is 19.3 Å². The summed E-state index contributed by atoms with van der Waals surface area (Å²) in [5, 5.41) is 8.03. The van der Waals surface area contributed by atoms with Crippen molar-refractivity contribution in [2.24, 2.45) is 0 Å². The van der Waals surface area contributed by atoms with E-state index >= 15 is 0 Å². The minimum atomic E-state index is -3.77. The Morgan fingerprint density at radius 2 is 2.09 bits per heavy atom. The molecule has 1 aliphatic heterocycles. The molecule has 2 aromatic rings. The Bertz CT molecular complexity index is 779. The van der Waals surface area contributed by atoms with Crippen LogP contribution in [0.1, 0.15) is 12.8 Å². The maximum atomic E-state index is 13.8. The van der Waals surface area contributed by atoms with E-state index in [0.29, 0.717) is 13.1 Å². The highest BCUT2D eigenvalue weighted by molar-refractivity contribution is 7.89. The third-order valence-electron chi connectivity index (χ3n) is 3.89. The minimum Gasteiger partial charge on any atom is -0.494 e. The van der Waals surface area contributed by atoms with E-state index < -0.39 is 15.8 Å². The fourth-order valence-electron chi connectivity index (χ4n) is 2.78. The third kappa shape index (κ3) is 3.06. The fourth-order valence-corrected chi connectivity index (χ4v) is 4.47. The van der Waals surface area contributed by atoms with Crippen LogP contribution in [0.3, 0.4) is 0 Å². The molecular formula is C14H17FN4O3S. The molecule has 2 heterocycles. The first-order valence-electron chi connectivity index (χ1n) is 7.22. The molecule has 1 aromatic carbocycles. The lowest BCUT2D eigenvalue weighted by Gasteiger charge is -2.23. The van der Waals surface area contributed by atoms with Gasteiger partial charge in [0, 0.05) is 12.6 Å². The summed E-state index contributed by atoms with van der Waals surface area (Å²) in [6.07, 6.45) is 4.57. The number of halogens is 1. The lowest BCUT2D eigenvalue weighted by atomic mass is 10.2. The van der Waals surface area contributed by atoms with E-state index in [4.69, 9.17) is 4.74 Å². The molecule has 9 heteroatoms. The van der Waals surface area contributed by atoms with Gasteiger partial charge in [-0.3, -0.25) is 0 Å². The number of hydrogen-bond acceptors (Lipinski definition) is 5. The Labute approximate surface area is 133 Å². The zero-order valence-corrected chi connectivity index (χ0v) is 13.4. The van der Waals surface area contributed by atoms with E-state index in [2.05, 4.69) is 10.2 Å². The van der Waals surface area contributed by atoms with Gasteiger partial charge >= 0.3 is 0 Å². The van der Waals surface area contributed by atoms with Crippen LogP contribution >= 0.6 is 0 Å². The predicted molar refractivity (Wildman–Crippen MR) is 79.9 cm³/mol. The number of nitrogens with zero attached hydrogens (tertiary/aromatic N) is 4. The standard InChI is InChI=1S/C14H17FN4O3S/c1-22-14-5-4-12(9-13(14)15)23(20,21)18-8-2-3-11(18)10-19-16-6-7-17-19/h4-7,9,11H,2-3,8,10H2,1H3. The Kier molecular flexibility index (Phi) is 4.31. The van der Waals surface area contributed by atoms with E-state index in [1.807, 2.05) is 0 Å². The summed E-state index contributed by atoms with van der Waals surface area (Å²) >= 11 is 0. The lowest BCUT2D eigenvalue weighted by Crippen LogP contribution is -2.38. The van der Waals surface area contributed by atoms with Crippen molar-refractivity contribution < 1.29 is 17.5 Å². The molecule has 1 aliphatic rings. The van der Waals surface area contributed by atoms with E-state index in [9.17, 15) is 12.8 Å². The van der Waals surface area contributed by atoms with Gasteiger partial charge in [0.2, 0.25) is 10.0 Å². The van der Waals surface area contributed by atoms with Crippen LogP contribution in [0.15, 0.2) is 35.5 Å². The van der Waals surface area contributed by atoms with Crippen LogP contribution in [0.5, 0.6) is 5.75 Å². The van der Waals surface area contributed by atoms with Crippen molar-refractivity contribution in [3.8, 4) is 5.75 Å². The summed E-state index contributed by atoms with van der Waals surface area (Å²) in [4.78, 5) is 1.39. The van der Waals surface area contributed by atoms with Gasteiger partial charge in [-0.1, -0.05) is 0 Å². The van der Waals surface area contributed by atoms with Crippen molar-refractivity contribution in [2.45, 2.75) is 30.3 Å². The van der Waals surface area contributed by atoms with E-state index in [-0.39, 0.29) is 16.7 Å². The monoisotopic (exact) mass is 340 g/mol. The lowest BCUT2D eigenvalue weighted by molar-refractivity contribution is 0.325. The Hall–Kier alpha value is -2.00. The SMILES string of the molecule is COc1ccc(S(=O)(=O)N2CCCC2Cn2nccn2)cc1F. The maximum absolute atomic E-state index is 13.8. The highest BCUT2D eigenvalue weighted by atomic mass is 32.2. The molecule has 1 fully saturated rings. The number of ether oxygens (including phenoxy) is 1. The van der Waals surface area contributed by atoms with Crippen LogP contribution in [-0.4, -0.2) is 47.4 Å². The van der Waals surface area contributed by atoms with Gasteiger partial charge in [-0.15, -0.1) is 0 Å². The summed E-state index contributed by atoms with van der Waals surface area (Å²) in [7, 11) is -2.44. The average Bonchev–Trinajstić information content (AvgIpc) is 3.19. The summed E-state index contributed by atoms with van der Waals surface area (Å²) in [5.74, 6) is -0.680. The van der Waals surface area contributed by atoms with Gasteiger partial charge in [-0.05, 0) is 31.0 Å².